The molecule has 4 nitrogen and oxygen atoms in total. The number of rotatable bonds is 5. The molecule has 0 spiro atoms. The molecule has 138 valence electrons. The van der Waals surface area contributed by atoms with Gasteiger partial charge in [0.05, 0.1) is 18.1 Å². The number of carbonyl (C=O) groups is 2. The van der Waals surface area contributed by atoms with E-state index in [-0.39, 0.29) is 23.6 Å². The number of nitrogens with zero attached hydrogens (tertiary/aromatic N) is 1. The van der Waals surface area contributed by atoms with E-state index < -0.39 is 0 Å². The molecule has 1 saturated carbocycles. The van der Waals surface area contributed by atoms with Gasteiger partial charge in [0.15, 0.2) is 0 Å². The Balaban J connectivity index is 2.03. The highest BCUT2D eigenvalue weighted by molar-refractivity contribution is 6.11. The molecule has 1 aliphatic carbocycles. The summed E-state index contributed by atoms with van der Waals surface area (Å²) < 4.78 is 5.51. The first kappa shape index (κ1) is 18.6. The van der Waals surface area contributed by atoms with Gasteiger partial charge in [-0.15, -0.1) is 0 Å². The van der Waals surface area contributed by atoms with E-state index in [2.05, 4.69) is 11.9 Å². The van der Waals surface area contributed by atoms with E-state index in [1.54, 1.807) is 0 Å². The first-order chi connectivity index (χ1) is 12.5. The Kier molecular flexibility index (Phi) is 5.70. The monoisotopic (exact) mass is 353 g/mol. The molecule has 0 aromatic heterocycles. The van der Waals surface area contributed by atoms with Gasteiger partial charge < -0.3 is 4.74 Å². The van der Waals surface area contributed by atoms with Gasteiger partial charge in [-0.2, -0.15) is 0 Å². The summed E-state index contributed by atoms with van der Waals surface area (Å²) in [6.07, 6.45) is 4.04. The fraction of sp³-hybridized carbons (Fsp3) is 0.500. The van der Waals surface area contributed by atoms with Crippen LogP contribution in [0.3, 0.4) is 0 Å². The van der Waals surface area contributed by atoms with Gasteiger partial charge >= 0.3 is 5.97 Å². The van der Waals surface area contributed by atoms with Crippen LogP contribution in [0.15, 0.2) is 40.5 Å². The zero-order valence-corrected chi connectivity index (χ0v) is 15.9. The lowest BCUT2D eigenvalue weighted by molar-refractivity contribution is -0.139. The third kappa shape index (κ3) is 3.64. The maximum absolute atomic E-state index is 12.9. The summed E-state index contributed by atoms with van der Waals surface area (Å²) >= 11 is 0. The van der Waals surface area contributed by atoms with E-state index in [1.165, 1.54) is 0 Å². The topological polar surface area (TPSA) is 55.7 Å². The van der Waals surface area contributed by atoms with E-state index in [9.17, 15) is 9.59 Å². The number of ketones is 1. The number of ether oxygens (including phenoxy) is 1. The minimum absolute atomic E-state index is 0.187. The molecule has 1 fully saturated rings. The molecule has 0 bridgehead atoms. The zero-order chi connectivity index (χ0) is 18.7. The highest BCUT2D eigenvalue weighted by atomic mass is 16.5. The van der Waals surface area contributed by atoms with Gasteiger partial charge in [-0.05, 0) is 38.7 Å². The van der Waals surface area contributed by atoms with Crippen molar-refractivity contribution < 1.29 is 14.3 Å². The third-order valence-electron chi connectivity index (χ3n) is 5.29. The van der Waals surface area contributed by atoms with E-state index in [1.807, 2.05) is 38.1 Å². The number of hydrogen-bond donors (Lipinski definition) is 0. The van der Waals surface area contributed by atoms with Crippen LogP contribution in [0.1, 0.15) is 63.0 Å². The number of fused-ring (bicyclic) bond motifs is 1. The second kappa shape index (κ2) is 7.98. The van der Waals surface area contributed by atoms with Gasteiger partial charge in [-0.1, -0.05) is 43.2 Å². The highest BCUT2D eigenvalue weighted by Crippen LogP contribution is 2.43. The number of hydrogen-bond acceptors (Lipinski definition) is 4. The first-order valence-corrected chi connectivity index (χ1v) is 9.57. The van der Waals surface area contributed by atoms with Crippen LogP contribution in [0.4, 0.5) is 0 Å². The summed E-state index contributed by atoms with van der Waals surface area (Å²) in [5.74, 6) is -0.761. The molecule has 0 unspecified atom stereocenters. The predicted molar refractivity (Wildman–Crippen MR) is 102 cm³/mol. The van der Waals surface area contributed by atoms with E-state index in [0.717, 1.165) is 42.5 Å². The fourth-order valence-corrected chi connectivity index (χ4v) is 3.91. The lowest BCUT2D eigenvalue weighted by atomic mass is 9.69. The zero-order valence-electron chi connectivity index (χ0n) is 15.9. The predicted octanol–water partition coefficient (Wildman–Crippen LogP) is 4.52. The smallest absolute Gasteiger partial charge is 0.336 e. The van der Waals surface area contributed by atoms with Crippen molar-refractivity contribution in [1.82, 2.24) is 0 Å². The van der Waals surface area contributed by atoms with Gasteiger partial charge in [-0.25, -0.2) is 4.79 Å². The average molecular weight is 353 g/mol. The standard InChI is InChI=1S/C22H27NO3/c1-4-5-13-26-22(25)19-15(3)23-17-7-6-8-18(24)21(17)20(19)16-11-9-14(2)10-12-16/h9-12,20-21H,4-8,13H2,1-3H3/t20-,21+/m0/s1. The molecule has 1 aliphatic heterocycles. The lowest BCUT2D eigenvalue weighted by Crippen LogP contribution is -2.39. The number of aliphatic imine (C=N–C) groups is 1. The summed E-state index contributed by atoms with van der Waals surface area (Å²) in [6, 6.07) is 8.11. The average Bonchev–Trinajstić information content (AvgIpc) is 2.61. The van der Waals surface area contributed by atoms with E-state index in [4.69, 9.17) is 4.74 Å². The van der Waals surface area contributed by atoms with Gasteiger partial charge in [0.25, 0.3) is 0 Å². The second-order valence-electron chi connectivity index (χ2n) is 7.28. The van der Waals surface area contributed by atoms with Crippen molar-refractivity contribution in [2.24, 2.45) is 10.9 Å². The minimum atomic E-state index is -0.331. The van der Waals surface area contributed by atoms with Crippen molar-refractivity contribution in [1.29, 1.82) is 0 Å². The Bertz CT molecular complexity index is 758. The quantitative estimate of drug-likeness (QED) is 0.578. The first-order valence-electron chi connectivity index (χ1n) is 9.57. The molecular weight excluding hydrogens is 326 g/mol. The number of benzene rings is 1. The van der Waals surface area contributed by atoms with Crippen molar-refractivity contribution >= 4 is 17.5 Å². The summed E-state index contributed by atoms with van der Waals surface area (Å²) in [5, 5.41) is 0. The Hall–Kier alpha value is -2.23. The van der Waals surface area contributed by atoms with Crippen molar-refractivity contribution in [3.05, 3.63) is 46.7 Å². The van der Waals surface area contributed by atoms with Crippen LogP contribution in [0.25, 0.3) is 0 Å². The molecule has 4 heteroatoms. The molecular formula is C22H27NO3. The largest absolute Gasteiger partial charge is 0.462 e. The maximum atomic E-state index is 12.9. The molecule has 1 aromatic rings. The molecule has 3 rings (SSSR count). The van der Waals surface area contributed by atoms with Gasteiger partial charge in [0.2, 0.25) is 0 Å². The summed E-state index contributed by atoms with van der Waals surface area (Å²) in [7, 11) is 0. The van der Waals surface area contributed by atoms with Crippen LogP contribution in [-0.2, 0) is 14.3 Å². The SMILES string of the molecule is CCCCOC(=O)C1=C(C)N=C2CCCC(=O)[C@@H]2[C@H]1c1ccc(C)cc1. The van der Waals surface area contributed by atoms with Crippen molar-refractivity contribution in [3.63, 3.8) is 0 Å². The number of carbonyl (C=O) groups excluding carboxylic acids is 2. The van der Waals surface area contributed by atoms with Crippen LogP contribution < -0.4 is 0 Å². The minimum Gasteiger partial charge on any atom is -0.462 e. The number of unbranched alkanes of at least 4 members (excludes halogenated alkanes) is 1. The number of esters is 1. The van der Waals surface area contributed by atoms with E-state index >= 15 is 0 Å². The van der Waals surface area contributed by atoms with Crippen LogP contribution in [0, 0.1) is 12.8 Å². The Morgan fingerprint density at radius 1 is 1.15 bits per heavy atom. The lowest BCUT2D eigenvalue weighted by Gasteiger charge is -2.35. The molecule has 0 N–H and O–H groups in total. The second-order valence-corrected chi connectivity index (χ2v) is 7.28. The van der Waals surface area contributed by atoms with Crippen LogP contribution >= 0.6 is 0 Å². The molecule has 1 aromatic carbocycles. The fourth-order valence-electron chi connectivity index (χ4n) is 3.91. The third-order valence-corrected chi connectivity index (χ3v) is 5.29. The van der Waals surface area contributed by atoms with Crippen LogP contribution in [-0.4, -0.2) is 24.1 Å². The highest BCUT2D eigenvalue weighted by Gasteiger charge is 2.43. The molecule has 2 atom stereocenters. The van der Waals surface area contributed by atoms with Crippen LogP contribution in [0.5, 0.6) is 0 Å². The Labute approximate surface area is 155 Å². The van der Waals surface area contributed by atoms with Crippen LogP contribution in [0.2, 0.25) is 0 Å². The Morgan fingerprint density at radius 3 is 2.58 bits per heavy atom. The van der Waals surface area contributed by atoms with Gasteiger partial charge in [0, 0.05) is 23.7 Å². The van der Waals surface area contributed by atoms with Crippen molar-refractivity contribution in [2.75, 3.05) is 6.61 Å². The van der Waals surface area contributed by atoms with Gasteiger partial charge in [-0.3, -0.25) is 9.79 Å². The summed E-state index contributed by atoms with van der Waals surface area (Å²) in [5.41, 5.74) is 4.31. The molecule has 2 aliphatic rings. The Morgan fingerprint density at radius 2 is 1.88 bits per heavy atom. The number of Topliss-reactive ketones (excluding diaryl/α,β-unsaturated/α-hetero) is 1. The molecule has 0 amide bonds. The number of aryl methyl sites for hydroxylation is 1. The summed E-state index contributed by atoms with van der Waals surface area (Å²) in [4.78, 5) is 30.3. The summed E-state index contributed by atoms with van der Waals surface area (Å²) in [6.45, 7) is 6.36. The molecule has 1 heterocycles. The normalized spacial score (nSPS) is 22.7. The van der Waals surface area contributed by atoms with Gasteiger partial charge in [0.1, 0.15) is 5.78 Å². The maximum Gasteiger partial charge on any atom is 0.336 e. The van der Waals surface area contributed by atoms with Crippen molar-refractivity contribution in [2.45, 2.75) is 58.8 Å². The van der Waals surface area contributed by atoms with Crippen molar-refractivity contribution in [3.8, 4) is 0 Å². The van der Waals surface area contributed by atoms with E-state index in [0.29, 0.717) is 24.3 Å². The molecule has 0 saturated heterocycles. The number of allylic oxidation sites excluding steroid dienone is 1. The molecule has 26 heavy (non-hydrogen) atoms. The molecule has 0 radical (unpaired) electrons.